The Morgan fingerprint density at radius 3 is 2.40 bits per heavy atom. The van der Waals surface area contributed by atoms with E-state index >= 15 is 0 Å². The third-order valence-corrected chi connectivity index (χ3v) is 3.16. The first kappa shape index (κ1) is 17.9. The predicted octanol–water partition coefficient (Wildman–Crippen LogP) is 2.67. The SMILES string of the molecule is COC(=O)c1ccccc1NC(=O)COC(=O)C=Cc1ccccc1. The van der Waals surface area contributed by atoms with Crippen molar-refractivity contribution in [1.82, 2.24) is 0 Å². The molecule has 0 bridgehead atoms. The number of amides is 1. The molecule has 0 atom stereocenters. The first-order valence-corrected chi connectivity index (χ1v) is 7.47. The quantitative estimate of drug-likeness (QED) is 0.646. The molecule has 0 aliphatic heterocycles. The van der Waals surface area contributed by atoms with Crippen LogP contribution in [0, 0.1) is 0 Å². The van der Waals surface area contributed by atoms with Crippen LogP contribution < -0.4 is 5.32 Å². The maximum atomic E-state index is 11.9. The highest BCUT2D eigenvalue weighted by Crippen LogP contribution is 2.15. The number of hydrogen-bond acceptors (Lipinski definition) is 5. The molecule has 0 radical (unpaired) electrons. The highest BCUT2D eigenvalue weighted by molar-refractivity contribution is 6.02. The normalized spacial score (nSPS) is 10.3. The molecule has 0 spiro atoms. The topological polar surface area (TPSA) is 81.7 Å². The summed E-state index contributed by atoms with van der Waals surface area (Å²) in [5.41, 5.74) is 1.35. The van der Waals surface area contributed by atoms with E-state index in [-0.39, 0.29) is 11.3 Å². The van der Waals surface area contributed by atoms with Gasteiger partial charge in [-0.2, -0.15) is 0 Å². The maximum absolute atomic E-state index is 11.9. The Kier molecular flexibility index (Phi) is 6.47. The van der Waals surface area contributed by atoms with Crippen molar-refractivity contribution in [2.75, 3.05) is 19.0 Å². The fourth-order valence-corrected chi connectivity index (χ4v) is 1.98. The van der Waals surface area contributed by atoms with E-state index in [1.807, 2.05) is 30.3 Å². The van der Waals surface area contributed by atoms with Crippen LogP contribution in [0.1, 0.15) is 15.9 Å². The summed E-state index contributed by atoms with van der Waals surface area (Å²) in [6, 6.07) is 15.6. The Morgan fingerprint density at radius 2 is 1.68 bits per heavy atom. The summed E-state index contributed by atoms with van der Waals surface area (Å²) in [6.45, 7) is -0.465. The Hall–Kier alpha value is -3.41. The minimum Gasteiger partial charge on any atom is -0.465 e. The van der Waals surface area contributed by atoms with Gasteiger partial charge in [0, 0.05) is 6.08 Å². The summed E-state index contributed by atoms with van der Waals surface area (Å²) in [4.78, 5) is 35.2. The van der Waals surface area contributed by atoms with Crippen molar-refractivity contribution < 1.29 is 23.9 Å². The number of esters is 2. The summed E-state index contributed by atoms with van der Waals surface area (Å²) in [5, 5.41) is 2.51. The lowest BCUT2D eigenvalue weighted by atomic mass is 10.2. The molecule has 0 aliphatic rings. The van der Waals surface area contributed by atoms with Gasteiger partial charge < -0.3 is 14.8 Å². The first-order valence-electron chi connectivity index (χ1n) is 7.47. The van der Waals surface area contributed by atoms with Gasteiger partial charge in [0.25, 0.3) is 5.91 Å². The standard InChI is InChI=1S/C19H17NO5/c1-24-19(23)15-9-5-6-10-16(15)20-17(21)13-25-18(22)12-11-14-7-3-2-4-8-14/h2-12H,13H2,1H3,(H,20,21). The van der Waals surface area contributed by atoms with Gasteiger partial charge in [-0.25, -0.2) is 9.59 Å². The number of rotatable bonds is 6. The van der Waals surface area contributed by atoms with E-state index in [0.29, 0.717) is 0 Å². The summed E-state index contributed by atoms with van der Waals surface area (Å²) in [6.07, 6.45) is 2.83. The minimum absolute atomic E-state index is 0.216. The van der Waals surface area contributed by atoms with Crippen molar-refractivity contribution in [3.63, 3.8) is 0 Å². The number of ether oxygens (including phenoxy) is 2. The van der Waals surface area contributed by atoms with Gasteiger partial charge >= 0.3 is 11.9 Å². The average molecular weight is 339 g/mol. The number of para-hydroxylation sites is 1. The molecule has 2 aromatic rings. The third kappa shape index (κ3) is 5.62. The van der Waals surface area contributed by atoms with Crippen LogP contribution in [0.25, 0.3) is 6.08 Å². The Bertz CT molecular complexity index is 783. The molecule has 2 aromatic carbocycles. The van der Waals surface area contributed by atoms with E-state index in [2.05, 4.69) is 10.1 Å². The molecule has 1 N–H and O–H groups in total. The van der Waals surface area contributed by atoms with Crippen LogP contribution in [0.4, 0.5) is 5.69 Å². The third-order valence-electron chi connectivity index (χ3n) is 3.16. The van der Waals surface area contributed by atoms with Crippen LogP contribution in [0.3, 0.4) is 0 Å². The molecular weight excluding hydrogens is 322 g/mol. The van der Waals surface area contributed by atoms with Crippen molar-refractivity contribution in [3.05, 3.63) is 71.8 Å². The van der Waals surface area contributed by atoms with E-state index in [1.54, 1.807) is 24.3 Å². The van der Waals surface area contributed by atoms with E-state index < -0.39 is 24.5 Å². The summed E-state index contributed by atoms with van der Waals surface area (Å²) < 4.78 is 9.52. The zero-order valence-corrected chi connectivity index (χ0v) is 13.6. The van der Waals surface area contributed by atoms with Crippen molar-refractivity contribution in [2.24, 2.45) is 0 Å². The average Bonchev–Trinajstić information content (AvgIpc) is 2.65. The van der Waals surface area contributed by atoms with Crippen LogP contribution in [0.5, 0.6) is 0 Å². The lowest BCUT2D eigenvalue weighted by Gasteiger charge is -2.09. The van der Waals surface area contributed by atoms with Gasteiger partial charge in [-0.15, -0.1) is 0 Å². The van der Waals surface area contributed by atoms with Gasteiger partial charge in [0.05, 0.1) is 18.4 Å². The van der Waals surface area contributed by atoms with Gasteiger partial charge in [-0.1, -0.05) is 42.5 Å². The fourth-order valence-electron chi connectivity index (χ4n) is 1.98. The Balaban J connectivity index is 1.88. The first-order chi connectivity index (χ1) is 12.1. The number of carbonyl (C=O) groups excluding carboxylic acids is 3. The largest absolute Gasteiger partial charge is 0.465 e. The number of anilines is 1. The molecule has 0 fully saturated rings. The summed E-state index contributed by atoms with van der Waals surface area (Å²) in [7, 11) is 1.25. The molecule has 6 nitrogen and oxygen atoms in total. The molecule has 2 rings (SSSR count). The Labute approximate surface area is 145 Å². The fraction of sp³-hybridized carbons (Fsp3) is 0.105. The van der Waals surface area contributed by atoms with Gasteiger partial charge in [-0.05, 0) is 23.8 Å². The molecule has 0 saturated carbocycles. The minimum atomic E-state index is -0.639. The molecule has 25 heavy (non-hydrogen) atoms. The summed E-state index contributed by atoms with van der Waals surface area (Å²) >= 11 is 0. The second-order valence-corrected chi connectivity index (χ2v) is 4.94. The smallest absolute Gasteiger partial charge is 0.339 e. The predicted molar refractivity (Wildman–Crippen MR) is 92.8 cm³/mol. The van der Waals surface area contributed by atoms with E-state index in [9.17, 15) is 14.4 Å². The second-order valence-electron chi connectivity index (χ2n) is 4.94. The number of benzene rings is 2. The van der Waals surface area contributed by atoms with Gasteiger partial charge in [0.1, 0.15) is 0 Å². The van der Waals surface area contributed by atoms with E-state index in [0.717, 1.165) is 5.56 Å². The Morgan fingerprint density at radius 1 is 1.00 bits per heavy atom. The number of carbonyl (C=O) groups is 3. The molecule has 0 heterocycles. The highest BCUT2D eigenvalue weighted by Gasteiger charge is 2.13. The second kappa shape index (κ2) is 9.02. The summed E-state index contributed by atoms with van der Waals surface area (Å²) in [5.74, 6) is -1.77. The van der Waals surface area contributed by atoms with Crippen LogP contribution in [0.2, 0.25) is 0 Å². The number of hydrogen-bond donors (Lipinski definition) is 1. The molecule has 0 aliphatic carbocycles. The van der Waals surface area contributed by atoms with Crippen LogP contribution >= 0.6 is 0 Å². The highest BCUT2D eigenvalue weighted by atomic mass is 16.5. The van der Waals surface area contributed by atoms with Crippen LogP contribution in [-0.4, -0.2) is 31.6 Å². The lowest BCUT2D eigenvalue weighted by Crippen LogP contribution is -2.21. The number of nitrogens with one attached hydrogen (secondary N) is 1. The molecular formula is C19H17NO5. The van der Waals surface area contributed by atoms with Crippen LogP contribution in [0.15, 0.2) is 60.7 Å². The monoisotopic (exact) mass is 339 g/mol. The molecule has 0 saturated heterocycles. The molecule has 6 heteroatoms. The lowest BCUT2D eigenvalue weighted by molar-refractivity contribution is -0.142. The number of methoxy groups -OCH3 is 1. The maximum Gasteiger partial charge on any atom is 0.339 e. The van der Waals surface area contributed by atoms with Gasteiger partial charge in [0.2, 0.25) is 0 Å². The van der Waals surface area contributed by atoms with Gasteiger partial charge in [0.15, 0.2) is 6.61 Å². The van der Waals surface area contributed by atoms with Crippen molar-refractivity contribution in [2.45, 2.75) is 0 Å². The molecule has 0 unspecified atom stereocenters. The molecule has 0 aromatic heterocycles. The zero-order chi connectivity index (χ0) is 18.1. The zero-order valence-electron chi connectivity index (χ0n) is 13.6. The van der Waals surface area contributed by atoms with E-state index in [4.69, 9.17) is 4.74 Å². The van der Waals surface area contributed by atoms with Crippen molar-refractivity contribution in [1.29, 1.82) is 0 Å². The van der Waals surface area contributed by atoms with E-state index in [1.165, 1.54) is 19.3 Å². The van der Waals surface area contributed by atoms with Crippen molar-refractivity contribution in [3.8, 4) is 0 Å². The van der Waals surface area contributed by atoms with Crippen LogP contribution in [-0.2, 0) is 19.1 Å². The van der Waals surface area contributed by atoms with Crippen molar-refractivity contribution >= 4 is 29.6 Å². The van der Waals surface area contributed by atoms with Gasteiger partial charge in [-0.3, -0.25) is 4.79 Å². The molecule has 1 amide bonds. The molecule has 128 valence electrons.